The van der Waals surface area contributed by atoms with Gasteiger partial charge in [0.25, 0.3) is 0 Å². The van der Waals surface area contributed by atoms with Crippen molar-refractivity contribution >= 4 is 0 Å². The van der Waals surface area contributed by atoms with Crippen LogP contribution in [0.15, 0.2) is 67.0 Å². The van der Waals surface area contributed by atoms with Crippen molar-refractivity contribution in [2.45, 2.75) is 18.9 Å². The maximum absolute atomic E-state index is 5.60. The lowest BCUT2D eigenvalue weighted by molar-refractivity contribution is 0.215. The molecule has 0 unspecified atom stereocenters. The predicted octanol–water partition coefficient (Wildman–Crippen LogP) is 4.29. The summed E-state index contributed by atoms with van der Waals surface area (Å²) in [7, 11) is 3.40. The molecule has 2 heterocycles. The van der Waals surface area contributed by atoms with E-state index in [9.17, 15) is 0 Å². The molecular formula is C24H26N2O2. The molecule has 28 heavy (non-hydrogen) atoms. The fourth-order valence-corrected chi connectivity index (χ4v) is 4.09. The SMILES string of the molecule is COc1cc2c(cc1OC)[C@H](c1ccccc1)N(CCc1ccncc1)CC2. The minimum absolute atomic E-state index is 0.214. The molecule has 1 aliphatic heterocycles. The summed E-state index contributed by atoms with van der Waals surface area (Å²) in [6.07, 6.45) is 5.75. The first-order valence-electron chi connectivity index (χ1n) is 9.73. The van der Waals surface area contributed by atoms with Gasteiger partial charge < -0.3 is 9.47 Å². The van der Waals surface area contributed by atoms with Gasteiger partial charge in [-0.05, 0) is 59.4 Å². The zero-order valence-electron chi connectivity index (χ0n) is 16.5. The number of nitrogens with zero attached hydrogens (tertiary/aromatic N) is 2. The fraction of sp³-hybridized carbons (Fsp3) is 0.292. The van der Waals surface area contributed by atoms with Crippen molar-refractivity contribution in [3.8, 4) is 11.5 Å². The van der Waals surface area contributed by atoms with Gasteiger partial charge in [0.1, 0.15) is 0 Å². The van der Waals surface area contributed by atoms with Crippen molar-refractivity contribution in [2.24, 2.45) is 0 Å². The first-order chi connectivity index (χ1) is 13.8. The molecule has 0 spiro atoms. The van der Waals surface area contributed by atoms with E-state index in [1.165, 1.54) is 22.3 Å². The van der Waals surface area contributed by atoms with Crippen LogP contribution in [0.4, 0.5) is 0 Å². The number of rotatable bonds is 6. The largest absolute Gasteiger partial charge is 0.493 e. The molecule has 0 amide bonds. The quantitative estimate of drug-likeness (QED) is 0.645. The van der Waals surface area contributed by atoms with Gasteiger partial charge >= 0.3 is 0 Å². The average Bonchev–Trinajstić information content (AvgIpc) is 2.77. The van der Waals surface area contributed by atoms with Crippen LogP contribution in [0.25, 0.3) is 0 Å². The molecule has 0 radical (unpaired) electrons. The molecule has 3 aromatic rings. The highest BCUT2D eigenvalue weighted by molar-refractivity contribution is 5.51. The standard InChI is InChI=1S/C24H26N2O2/c1-27-22-16-20-11-15-26(14-10-18-8-12-25-13-9-18)24(19-6-4-3-5-7-19)21(20)17-23(22)28-2/h3-9,12-13,16-17,24H,10-11,14-15H2,1-2H3/t24-/m0/s1. The topological polar surface area (TPSA) is 34.6 Å². The van der Waals surface area contributed by atoms with Gasteiger partial charge in [0, 0.05) is 25.5 Å². The minimum Gasteiger partial charge on any atom is -0.493 e. The Morgan fingerprint density at radius 2 is 1.68 bits per heavy atom. The Morgan fingerprint density at radius 1 is 0.964 bits per heavy atom. The summed E-state index contributed by atoms with van der Waals surface area (Å²) in [5.41, 5.74) is 5.28. The molecule has 0 aliphatic carbocycles. The molecule has 1 aromatic heterocycles. The number of pyridine rings is 1. The first kappa shape index (κ1) is 18.5. The molecule has 0 N–H and O–H groups in total. The molecule has 0 bridgehead atoms. The van der Waals surface area contributed by atoms with Crippen molar-refractivity contribution < 1.29 is 9.47 Å². The molecule has 2 aromatic carbocycles. The predicted molar refractivity (Wildman–Crippen MR) is 111 cm³/mol. The first-order valence-corrected chi connectivity index (χ1v) is 9.73. The Labute approximate surface area is 166 Å². The van der Waals surface area contributed by atoms with E-state index >= 15 is 0 Å². The second-order valence-electron chi connectivity index (χ2n) is 7.11. The fourth-order valence-electron chi connectivity index (χ4n) is 4.09. The van der Waals surface area contributed by atoms with E-state index in [0.29, 0.717) is 0 Å². The van der Waals surface area contributed by atoms with E-state index in [0.717, 1.165) is 37.4 Å². The van der Waals surface area contributed by atoms with Crippen LogP contribution in [0.3, 0.4) is 0 Å². The molecule has 1 atom stereocenters. The Morgan fingerprint density at radius 3 is 2.39 bits per heavy atom. The van der Waals surface area contributed by atoms with E-state index in [1.54, 1.807) is 14.2 Å². The maximum Gasteiger partial charge on any atom is 0.161 e. The van der Waals surface area contributed by atoms with E-state index in [2.05, 4.69) is 64.5 Å². The smallest absolute Gasteiger partial charge is 0.161 e. The van der Waals surface area contributed by atoms with Crippen LogP contribution < -0.4 is 9.47 Å². The van der Waals surface area contributed by atoms with E-state index in [4.69, 9.17) is 9.47 Å². The number of aromatic nitrogens is 1. The summed E-state index contributed by atoms with van der Waals surface area (Å²) in [5, 5.41) is 0. The van der Waals surface area contributed by atoms with Gasteiger partial charge in [-0.3, -0.25) is 9.88 Å². The molecule has 1 aliphatic rings. The van der Waals surface area contributed by atoms with Crippen molar-refractivity contribution in [3.63, 3.8) is 0 Å². The molecule has 0 saturated heterocycles. The van der Waals surface area contributed by atoms with Crippen LogP contribution >= 0.6 is 0 Å². The summed E-state index contributed by atoms with van der Waals surface area (Å²) in [5.74, 6) is 1.59. The van der Waals surface area contributed by atoms with Crippen LogP contribution in [0, 0.1) is 0 Å². The van der Waals surface area contributed by atoms with Gasteiger partial charge in [0.2, 0.25) is 0 Å². The molecular weight excluding hydrogens is 348 g/mol. The third kappa shape index (κ3) is 3.73. The Balaban J connectivity index is 1.70. The normalized spacial score (nSPS) is 16.4. The van der Waals surface area contributed by atoms with E-state index in [-0.39, 0.29) is 6.04 Å². The van der Waals surface area contributed by atoms with Crippen LogP contribution in [-0.4, -0.2) is 37.2 Å². The van der Waals surface area contributed by atoms with Crippen LogP contribution in [0.1, 0.15) is 28.3 Å². The van der Waals surface area contributed by atoms with Crippen molar-refractivity contribution in [3.05, 3.63) is 89.2 Å². The van der Waals surface area contributed by atoms with E-state index < -0.39 is 0 Å². The lowest BCUT2D eigenvalue weighted by atomic mass is 9.87. The van der Waals surface area contributed by atoms with Gasteiger partial charge in [0.15, 0.2) is 11.5 Å². The Hall–Kier alpha value is -2.85. The third-order valence-corrected chi connectivity index (χ3v) is 5.53. The maximum atomic E-state index is 5.60. The van der Waals surface area contributed by atoms with Crippen molar-refractivity contribution in [1.82, 2.24) is 9.88 Å². The minimum atomic E-state index is 0.214. The lowest BCUT2D eigenvalue weighted by Gasteiger charge is -2.38. The van der Waals surface area contributed by atoms with Crippen LogP contribution in [0.2, 0.25) is 0 Å². The van der Waals surface area contributed by atoms with Crippen LogP contribution in [0.5, 0.6) is 11.5 Å². The third-order valence-electron chi connectivity index (χ3n) is 5.53. The molecule has 144 valence electrons. The zero-order chi connectivity index (χ0) is 19.3. The van der Waals surface area contributed by atoms with E-state index in [1.807, 2.05) is 12.4 Å². The average molecular weight is 374 g/mol. The number of hydrogen-bond acceptors (Lipinski definition) is 4. The molecule has 4 heteroatoms. The molecule has 0 saturated carbocycles. The number of fused-ring (bicyclic) bond motifs is 1. The summed E-state index contributed by atoms with van der Waals surface area (Å²) in [4.78, 5) is 6.70. The summed E-state index contributed by atoms with van der Waals surface area (Å²) in [6, 6.07) is 19.5. The van der Waals surface area contributed by atoms with Crippen molar-refractivity contribution in [2.75, 3.05) is 27.3 Å². The van der Waals surface area contributed by atoms with Gasteiger partial charge in [-0.2, -0.15) is 0 Å². The van der Waals surface area contributed by atoms with Gasteiger partial charge in [-0.15, -0.1) is 0 Å². The molecule has 4 rings (SSSR count). The van der Waals surface area contributed by atoms with Gasteiger partial charge in [-0.1, -0.05) is 30.3 Å². The number of methoxy groups -OCH3 is 2. The van der Waals surface area contributed by atoms with Crippen LogP contribution in [-0.2, 0) is 12.8 Å². The highest BCUT2D eigenvalue weighted by Gasteiger charge is 2.30. The Bertz CT molecular complexity index is 913. The zero-order valence-corrected chi connectivity index (χ0v) is 16.5. The summed E-state index contributed by atoms with van der Waals surface area (Å²) >= 11 is 0. The van der Waals surface area contributed by atoms with Gasteiger partial charge in [-0.25, -0.2) is 0 Å². The molecule has 0 fully saturated rings. The highest BCUT2D eigenvalue weighted by atomic mass is 16.5. The highest BCUT2D eigenvalue weighted by Crippen LogP contribution is 2.40. The number of ether oxygens (including phenoxy) is 2. The number of hydrogen-bond donors (Lipinski definition) is 0. The summed E-state index contributed by atoms with van der Waals surface area (Å²) < 4.78 is 11.1. The number of benzene rings is 2. The van der Waals surface area contributed by atoms with Crippen molar-refractivity contribution in [1.29, 1.82) is 0 Å². The monoisotopic (exact) mass is 374 g/mol. The molecule has 4 nitrogen and oxygen atoms in total. The lowest BCUT2D eigenvalue weighted by Crippen LogP contribution is -2.37. The Kier molecular flexibility index (Phi) is 5.58. The summed E-state index contributed by atoms with van der Waals surface area (Å²) in [6.45, 7) is 2.02. The second kappa shape index (κ2) is 8.44. The second-order valence-corrected chi connectivity index (χ2v) is 7.11. The van der Waals surface area contributed by atoms with Gasteiger partial charge in [0.05, 0.1) is 20.3 Å².